The minimum absolute atomic E-state index is 0.200. The van der Waals surface area contributed by atoms with Crippen LogP contribution in [0.2, 0.25) is 0 Å². The second kappa shape index (κ2) is 8.70. The lowest BCUT2D eigenvalue weighted by Crippen LogP contribution is -2.69. The standard InChI is InChI=1S/C23H27NO8/c1-24-11-14(10-13-6-8-15(30-2)9-7-13)19-16(24)4-3-5-17(19)32-23(29)21(27)20(26)18(12-25)31-22(23)28/h3-9,11,18,20-22,25-29H,10,12H2,1-2H3/t18-,20-,21+,22-,23+/m1/s1. The molecular formula is C23H27NO8. The fourth-order valence-electron chi connectivity index (χ4n) is 4.06. The van der Waals surface area contributed by atoms with E-state index in [1.165, 1.54) is 0 Å². The molecule has 0 unspecified atom stereocenters. The number of aliphatic hydroxyl groups is 5. The van der Waals surface area contributed by atoms with Crippen molar-refractivity contribution in [2.45, 2.75) is 36.8 Å². The molecule has 32 heavy (non-hydrogen) atoms. The first-order chi connectivity index (χ1) is 15.3. The Hall–Kier alpha value is -2.66. The summed E-state index contributed by atoms with van der Waals surface area (Å²) in [7, 11) is 3.48. The van der Waals surface area contributed by atoms with E-state index < -0.39 is 37.0 Å². The topological polar surface area (TPSA) is 134 Å². The van der Waals surface area contributed by atoms with Gasteiger partial charge in [0.1, 0.15) is 23.7 Å². The molecule has 0 spiro atoms. The van der Waals surface area contributed by atoms with Crippen molar-refractivity contribution < 1.29 is 39.7 Å². The number of ether oxygens (including phenoxy) is 3. The van der Waals surface area contributed by atoms with Crippen molar-refractivity contribution in [1.82, 2.24) is 4.57 Å². The van der Waals surface area contributed by atoms with Gasteiger partial charge < -0.3 is 44.3 Å². The molecule has 1 aromatic heterocycles. The van der Waals surface area contributed by atoms with E-state index in [1.807, 2.05) is 48.1 Å². The van der Waals surface area contributed by atoms with E-state index >= 15 is 0 Å². The van der Waals surface area contributed by atoms with Gasteiger partial charge in [0.15, 0.2) is 6.10 Å². The highest BCUT2D eigenvalue weighted by molar-refractivity contribution is 5.90. The summed E-state index contributed by atoms with van der Waals surface area (Å²) < 4.78 is 17.9. The highest BCUT2D eigenvalue weighted by Crippen LogP contribution is 2.37. The molecule has 2 heterocycles. The summed E-state index contributed by atoms with van der Waals surface area (Å²) in [6.45, 7) is -0.647. The van der Waals surface area contributed by atoms with E-state index in [0.717, 1.165) is 22.4 Å². The predicted octanol–water partition coefficient (Wildman–Crippen LogP) is 0.276. The minimum Gasteiger partial charge on any atom is -0.497 e. The Morgan fingerprint density at radius 2 is 1.81 bits per heavy atom. The predicted molar refractivity (Wildman–Crippen MR) is 114 cm³/mol. The maximum atomic E-state index is 10.9. The van der Waals surface area contributed by atoms with E-state index in [9.17, 15) is 25.5 Å². The molecule has 172 valence electrons. The molecule has 0 amide bonds. The zero-order chi connectivity index (χ0) is 23.0. The molecule has 1 saturated heterocycles. The van der Waals surface area contributed by atoms with Crippen molar-refractivity contribution in [3.05, 3.63) is 59.8 Å². The molecule has 1 aliphatic rings. The molecule has 5 N–H and O–H groups in total. The largest absolute Gasteiger partial charge is 0.497 e. The number of rotatable bonds is 6. The van der Waals surface area contributed by atoms with Crippen molar-refractivity contribution in [2.75, 3.05) is 13.7 Å². The van der Waals surface area contributed by atoms with Gasteiger partial charge >= 0.3 is 0 Å². The number of nitrogens with zero attached hydrogens (tertiary/aromatic N) is 1. The molecule has 5 atom stereocenters. The normalized spacial score (nSPS) is 28.1. The van der Waals surface area contributed by atoms with Crippen LogP contribution in [0.3, 0.4) is 0 Å². The molecule has 1 fully saturated rings. The molecule has 3 aromatic rings. The number of benzene rings is 2. The van der Waals surface area contributed by atoms with Crippen LogP contribution in [0.25, 0.3) is 10.9 Å². The summed E-state index contributed by atoms with van der Waals surface area (Å²) in [6.07, 6.45) is -4.36. The molecule has 4 rings (SSSR count). The molecule has 1 aliphatic heterocycles. The second-order valence-corrected chi connectivity index (χ2v) is 7.94. The lowest BCUT2D eigenvalue weighted by atomic mass is 9.95. The van der Waals surface area contributed by atoms with E-state index in [4.69, 9.17) is 14.2 Å². The van der Waals surface area contributed by atoms with Gasteiger partial charge in [-0.3, -0.25) is 0 Å². The summed E-state index contributed by atoms with van der Waals surface area (Å²) in [5.74, 6) is -1.70. The van der Waals surface area contributed by atoms with Crippen molar-refractivity contribution in [3.63, 3.8) is 0 Å². The first-order valence-electron chi connectivity index (χ1n) is 10.2. The maximum Gasteiger partial charge on any atom is 0.288 e. The number of methoxy groups -OCH3 is 1. The van der Waals surface area contributed by atoms with Gasteiger partial charge in [-0.1, -0.05) is 18.2 Å². The van der Waals surface area contributed by atoms with Crippen molar-refractivity contribution in [3.8, 4) is 11.5 Å². The van der Waals surface area contributed by atoms with Crippen LogP contribution in [0.5, 0.6) is 11.5 Å². The third-order valence-electron chi connectivity index (χ3n) is 5.85. The maximum absolute atomic E-state index is 10.9. The Bertz CT molecular complexity index is 1080. The van der Waals surface area contributed by atoms with Gasteiger partial charge in [0.25, 0.3) is 5.79 Å². The number of aliphatic hydroxyl groups excluding tert-OH is 4. The van der Waals surface area contributed by atoms with Crippen LogP contribution >= 0.6 is 0 Å². The van der Waals surface area contributed by atoms with Gasteiger partial charge in [-0.05, 0) is 41.8 Å². The highest BCUT2D eigenvalue weighted by atomic mass is 16.7. The van der Waals surface area contributed by atoms with Gasteiger partial charge in [-0.2, -0.15) is 0 Å². The Morgan fingerprint density at radius 3 is 2.47 bits per heavy atom. The summed E-state index contributed by atoms with van der Waals surface area (Å²) in [5.41, 5.74) is 2.72. The van der Waals surface area contributed by atoms with Crippen LogP contribution in [0, 0.1) is 0 Å². The SMILES string of the molecule is COc1ccc(Cc2cn(C)c3cccc(O[C@]4(O)[C@H](O)O[C@H](CO)[C@@H](O)[C@@H]4O)c23)cc1. The molecule has 0 aliphatic carbocycles. The van der Waals surface area contributed by atoms with Crippen molar-refractivity contribution in [2.24, 2.45) is 7.05 Å². The number of fused-ring (bicyclic) bond motifs is 1. The number of hydrogen-bond donors (Lipinski definition) is 5. The Labute approximate surface area is 184 Å². The molecule has 0 saturated carbocycles. The molecule has 9 heteroatoms. The monoisotopic (exact) mass is 445 g/mol. The molecule has 2 aromatic carbocycles. The zero-order valence-electron chi connectivity index (χ0n) is 17.8. The van der Waals surface area contributed by atoms with Crippen LogP contribution in [0.4, 0.5) is 0 Å². The van der Waals surface area contributed by atoms with E-state index in [2.05, 4.69) is 0 Å². The summed E-state index contributed by atoms with van der Waals surface area (Å²) in [6, 6.07) is 12.8. The van der Waals surface area contributed by atoms with Crippen LogP contribution in [0.15, 0.2) is 48.7 Å². The Morgan fingerprint density at radius 1 is 1.09 bits per heavy atom. The third-order valence-corrected chi connectivity index (χ3v) is 5.85. The average Bonchev–Trinajstić information content (AvgIpc) is 3.11. The van der Waals surface area contributed by atoms with Crippen molar-refractivity contribution >= 4 is 10.9 Å². The zero-order valence-corrected chi connectivity index (χ0v) is 17.8. The first kappa shape index (κ1) is 22.5. The van der Waals surface area contributed by atoms with Crippen LogP contribution in [-0.2, 0) is 18.2 Å². The smallest absolute Gasteiger partial charge is 0.288 e. The highest BCUT2D eigenvalue weighted by Gasteiger charge is 2.57. The Balaban J connectivity index is 1.71. The number of aromatic nitrogens is 1. The van der Waals surface area contributed by atoms with Gasteiger partial charge in [-0.15, -0.1) is 0 Å². The summed E-state index contributed by atoms with van der Waals surface area (Å²) in [4.78, 5) is 0. The van der Waals surface area contributed by atoms with E-state index in [0.29, 0.717) is 11.8 Å². The van der Waals surface area contributed by atoms with Crippen LogP contribution in [0.1, 0.15) is 11.1 Å². The summed E-state index contributed by atoms with van der Waals surface area (Å²) >= 11 is 0. The quantitative estimate of drug-likeness (QED) is 0.342. The number of hydrogen-bond acceptors (Lipinski definition) is 8. The van der Waals surface area contributed by atoms with E-state index in [1.54, 1.807) is 19.2 Å². The molecule has 0 bridgehead atoms. The minimum atomic E-state index is -2.65. The van der Waals surface area contributed by atoms with Crippen molar-refractivity contribution in [1.29, 1.82) is 0 Å². The van der Waals surface area contributed by atoms with Gasteiger partial charge in [0, 0.05) is 18.6 Å². The fourth-order valence-corrected chi connectivity index (χ4v) is 4.06. The lowest BCUT2D eigenvalue weighted by molar-refractivity contribution is -0.385. The Kier molecular flexibility index (Phi) is 6.13. The molecular weight excluding hydrogens is 418 g/mol. The average molecular weight is 445 g/mol. The third kappa shape index (κ3) is 3.83. The van der Waals surface area contributed by atoms with Gasteiger partial charge in [0.05, 0.1) is 19.2 Å². The van der Waals surface area contributed by atoms with Crippen LogP contribution in [-0.4, -0.2) is 74.2 Å². The summed E-state index contributed by atoms with van der Waals surface area (Å²) in [5, 5.41) is 51.8. The van der Waals surface area contributed by atoms with Crippen LogP contribution < -0.4 is 9.47 Å². The fraction of sp³-hybridized carbons (Fsp3) is 0.391. The molecule has 0 radical (unpaired) electrons. The van der Waals surface area contributed by atoms with Gasteiger partial charge in [0.2, 0.25) is 6.29 Å². The van der Waals surface area contributed by atoms with Gasteiger partial charge in [-0.25, -0.2) is 0 Å². The first-order valence-corrected chi connectivity index (χ1v) is 10.2. The molecule has 9 nitrogen and oxygen atoms in total. The van der Waals surface area contributed by atoms with E-state index in [-0.39, 0.29) is 5.75 Å². The second-order valence-electron chi connectivity index (χ2n) is 7.94. The number of aryl methyl sites for hydroxylation is 1. The lowest BCUT2D eigenvalue weighted by Gasteiger charge is -2.45.